The summed E-state index contributed by atoms with van der Waals surface area (Å²) in [5.74, 6) is 0.602. The molecule has 1 heterocycles. The number of hydrogen-bond donors (Lipinski definition) is 0. The van der Waals surface area contributed by atoms with E-state index in [1.807, 2.05) is 35.2 Å². The highest BCUT2D eigenvalue weighted by atomic mass is 16.6. The second-order valence-corrected chi connectivity index (χ2v) is 5.50. The molecule has 0 saturated carbocycles. The fraction of sp³-hybridized carbons (Fsp3) is 0.235. The molecule has 0 radical (unpaired) electrons. The summed E-state index contributed by atoms with van der Waals surface area (Å²) < 4.78 is 5.84. The molecule has 6 nitrogen and oxygen atoms in total. The maximum atomic E-state index is 11.4. The molecule has 118 valence electrons. The Morgan fingerprint density at radius 1 is 1.30 bits per heavy atom. The first-order valence-corrected chi connectivity index (χ1v) is 7.31. The van der Waals surface area contributed by atoms with E-state index in [-0.39, 0.29) is 17.6 Å². The lowest BCUT2D eigenvalue weighted by Crippen LogP contribution is -2.38. The predicted octanol–water partition coefficient (Wildman–Crippen LogP) is 3.47. The van der Waals surface area contributed by atoms with Crippen molar-refractivity contribution in [1.29, 1.82) is 0 Å². The lowest BCUT2D eigenvalue weighted by atomic mass is 10.1. The van der Waals surface area contributed by atoms with Gasteiger partial charge in [0, 0.05) is 24.2 Å². The SMILES string of the molecule is CC(=O)CC1CN(c2ccccc2)c2cc([N+](=O)[O-])ccc2O1. The normalized spacial score (nSPS) is 16.4. The van der Waals surface area contributed by atoms with Crippen LogP contribution in [0.1, 0.15) is 13.3 Å². The van der Waals surface area contributed by atoms with E-state index in [4.69, 9.17) is 4.74 Å². The third-order valence-electron chi connectivity index (χ3n) is 3.71. The number of para-hydroxylation sites is 1. The Labute approximate surface area is 133 Å². The molecule has 0 aliphatic carbocycles. The summed E-state index contributed by atoms with van der Waals surface area (Å²) in [6.45, 7) is 2.00. The van der Waals surface area contributed by atoms with Gasteiger partial charge in [-0.05, 0) is 25.1 Å². The largest absolute Gasteiger partial charge is 0.486 e. The van der Waals surface area contributed by atoms with Crippen LogP contribution in [0.15, 0.2) is 48.5 Å². The zero-order chi connectivity index (χ0) is 16.4. The molecule has 0 spiro atoms. The van der Waals surface area contributed by atoms with Crippen LogP contribution in [0.25, 0.3) is 0 Å². The van der Waals surface area contributed by atoms with Crippen LogP contribution in [0.5, 0.6) is 5.75 Å². The first-order chi connectivity index (χ1) is 11.0. The Bertz CT molecular complexity index is 746. The summed E-state index contributed by atoms with van der Waals surface area (Å²) >= 11 is 0. The van der Waals surface area contributed by atoms with Gasteiger partial charge in [-0.1, -0.05) is 18.2 Å². The number of nitro benzene ring substituents is 1. The number of rotatable bonds is 4. The van der Waals surface area contributed by atoms with Crippen LogP contribution in [-0.2, 0) is 4.79 Å². The van der Waals surface area contributed by atoms with Crippen LogP contribution in [0, 0.1) is 10.1 Å². The van der Waals surface area contributed by atoms with Gasteiger partial charge in [-0.3, -0.25) is 14.9 Å². The molecule has 6 heteroatoms. The van der Waals surface area contributed by atoms with Crippen LogP contribution < -0.4 is 9.64 Å². The molecule has 0 N–H and O–H groups in total. The third-order valence-corrected chi connectivity index (χ3v) is 3.71. The summed E-state index contributed by atoms with van der Waals surface area (Å²) in [5.41, 5.74) is 1.56. The fourth-order valence-electron chi connectivity index (χ4n) is 2.73. The lowest BCUT2D eigenvalue weighted by molar-refractivity contribution is -0.384. The molecule has 0 fully saturated rings. The summed E-state index contributed by atoms with van der Waals surface area (Å²) in [4.78, 5) is 24.0. The van der Waals surface area contributed by atoms with Crippen molar-refractivity contribution < 1.29 is 14.5 Å². The molecule has 1 atom stereocenters. The number of carbonyl (C=O) groups is 1. The number of benzene rings is 2. The highest BCUT2D eigenvalue weighted by Gasteiger charge is 2.29. The lowest BCUT2D eigenvalue weighted by Gasteiger charge is -2.36. The molecule has 0 bridgehead atoms. The van der Waals surface area contributed by atoms with Crippen molar-refractivity contribution in [2.24, 2.45) is 0 Å². The molecule has 0 amide bonds. The van der Waals surface area contributed by atoms with Crippen LogP contribution in [0.2, 0.25) is 0 Å². The highest BCUT2D eigenvalue weighted by Crippen LogP contribution is 2.40. The van der Waals surface area contributed by atoms with Crippen LogP contribution >= 0.6 is 0 Å². The van der Waals surface area contributed by atoms with E-state index >= 15 is 0 Å². The summed E-state index contributed by atoms with van der Waals surface area (Å²) in [6, 6.07) is 14.1. The quantitative estimate of drug-likeness (QED) is 0.638. The van der Waals surface area contributed by atoms with E-state index < -0.39 is 4.92 Å². The molecule has 1 unspecified atom stereocenters. The van der Waals surface area contributed by atoms with Gasteiger partial charge in [-0.25, -0.2) is 0 Å². The molecule has 0 aromatic heterocycles. The Kier molecular flexibility index (Phi) is 3.97. The minimum absolute atomic E-state index is 0.0123. The number of nitro groups is 1. The zero-order valence-corrected chi connectivity index (χ0v) is 12.6. The van der Waals surface area contributed by atoms with Gasteiger partial charge in [0.25, 0.3) is 5.69 Å². The van der Waals surface area contributed by atoms with Gasteiger partial charge in [0.2, 0.25) is 0 Å². The van der Waals surface area contributed by atoms with E-state index in [9.17, 15) is 14.9 Å². The molecular weight excluding hydrogens is 296 g/mol. The Morgan fingerprint density at radius 2 is 2.04 bits per heavy atom. The van der Waals surface area contributed by atoms with Crippen molar-refractivity contribution in [2.75, 3.05) is 11.4 Å². The number of ether oxygens (including phenoxy) is 1. The monoisotopic (exact) mass is 312 g/mol. The third kappa shape index (κ3) is 3.15. The van der Waals surface area contributed by atoms with Crippen molar-refractivity contribution in [1.82, 2.24) is 0 Å². The van der Waals surface area contributed by atoms with Crippen molar-refractivity contribution in [3.05, 3.63) is 58.6 Å². The van der Waals surface area contributed by atoms with E-state index in [1.165, 1.54) is 19.1 Å². The van der Waals surface area contributed by atoms with Crippen molar-refractivity contribution in [3.63, 3.8) is 0 Å². The standard InChI is InChI=1S/C17H16N2O4/c1-12(20)9-15-11-18(13-5-3-2-4-6-13)16-10-14(19(21)22)7-8-17(16)23-15/h2-8,10,15H,9,11H2,1H3. The van der Waals surface area contributed by atoms with Gasteiger partial charge < -0.3 is 9.64 Å². The predicted molar refractivity (Wildman–Crippen MR) is 86.3 cm³/mol. The van der Waals surface area contributed by atoms with E-state index in [0.29, 0.717) is 24.4 Å². The second kappa shape index (κ2) is 6.08. The van der Waals surface area contributed by atoms with Crippen LogP contribution in [0.4, 0.5) is 17.1 Å². The van der Waals surface area contributed by atoms with Crippen molar-refractivity contribution in [2.45, 2.75) is 19.4 Å². The Morgan fingerprint density at radius 3 is 2.70 bits per heavy atom. The van der Waals surface area contributed by atoms with E-state index in [0.717, 1.165) is 5.69 Å². The number of hydrogen-bond acceptors (Lipinski definition) is 5. The molecular formula is C17H16N2O4. The van der Waals surface area contributed by atoms with Gasteiger partial charge in [0.1, 0.15) is 17.6 Å². The summed E-state index contributed by atoms with van der Waals surface area (Å²) in [6.07, 6.45) is 0.0291. The Hall–Kier alpha value is -2.89. The minimum atomic E-state index is -0.425. The molecule has 1 aliphatic heterocycles. The molecule has 23 heavy (non-hydrogen) atoms. The number of nitrogens with zero attached hydrogens (tertiary/aromatic N) is 2. The molecule has 0 saturated heterocycles. The number of Topliss-reactive ketones (excluding diaryl/α,β-unsaturated/α-hetero) is 1. The topological polar surface area (TPSA) is 72.7 Å². The highest BCUT2D eigenvalue weighted by molar-refractivity contribution is 5.77. The molecule has 1 aliphatic rings. The van der Waals surface area contributed by atoms with Gasteiger partial charge in [-0.15, -0.1) is 0 Å². The summed E-state index contributed by atoms with van der Waals surface area (Å²) in [5, 5.41) is 11.0. The first kappa shape index (κ1) is 15.0. The molecule has 3 rings (SSSR count). The van der Waals surface area contributed by atoms with Crippen molar-refractivity contribution >= 4 is 22.8 Å². The van der Waals surface area contributed by atoms with Crippen LogP contribution in [0.3, 0.4) is 0 Å². The number of ketones is 1. The number of carbonyl (C=O) groups excluding carboxylic acids is 1. The second-order valence-electron chi connectivity index (χ2n) is 5.50. The number of fused-ring (bicyclic) bond motifs is 1. The number of non-ortho nitro benzene ring substituents is 1. The van der Waals surface area contributed by atoms with Gasteiger partial charge in [0.05, 0.1) is 17.2 Å². The maximum Gasteiger partial charge on any atom is 0.271 e. The van der Waals surface area contributed by atoms with Crippen molar-refractivity contribution in [3.8, 4) is 5.75 Å². The molecule has 2 aromatic rings. The van der Waals surface area contributed by atoms with E-state index in [1.54, 1.807) is 6.07 Å². The first-order valence-electron chi connectivity index (χ1n) is 7.31. The van der Waals surface area contributed by atoms with Gasteiger partial charge >= 0.3 is 0 Å². The average molecular weight is 312 g/mol. The average Bonchev–Trinajstić information content (AvgIpc) is 2.54. The van der Waals surface area contributed by atoms with E-state index in [2.05, 4.69) is 0 Å². The minimum Gasteiger partial charge on any atom is -0.486 e. The van der Waals surface area contributed by atoms with Gasteiger partial charge in [0.15, 0.2) is 0 Å². The van der Waals surface area contributed by atoms with Gasteiger partial charge in [-0.2, -0.15) is 0 Å². The maximum absolute atomic E-state index is 11.4. The fourth-order valence-corrected chi connectivity index (χ4v) is 2.73. The molecule has 2 aromatic carbocycles. The Balaban J connectivity index is 2.04. The number of anilines is 2. The zero-order valence-electron chi connectivity index (χ0n) is 12.6. The van der Waals surface area contributed by atoms with Crippen LogP contribution in [-0.4, -0.2) is 23.4 Å². The smallest absolute Gasteiger partial charge is 0.271 e. The summed E-state index contributed by atoms with van der Waals surface area (Å²) in [7, 11) is 0.